The summed E-state index contributed by atoms with van der Waals surface area (Å²) >= 11 is 1.41. The third kappa shape index (κ3) is 3.87. The Morgan fingerprint density at radius 1 is 1.07 bits per heavy atom. The zero-order chi connectivity index (χ0) is 19.5. The van der Waals surface area contributed by atoms with Crippen LogP contribution in [0.4, 0.5) is 0 Å². The van der Waals surface area contributed by atoms with E-state index in [1.165, 1.54) is 11.8 Å². The van der Waals surface area contributed by atoms with E-state index in [2.05, 4.69) is 24.0 Å². The molecular weight excluding hydrogens is 370 g/mol. The van der Waals surface area contributed by atoms with Crippen LogP contribution < -0.4 is 0 Å². The summed E-state index contributed by atoms with van der Waals surface area (Å²) in [6.07, 6.45) is 1.62. The molecule has 0 radical (unpaired) electrons. The first-order chi connectivity index (χ1) is 13.6. The topological polar surface area (TPSA) is 60.9 Å². The van der Waals surface area contributed by atoms with Crippen LogP contribution in [0.2, 0.25) is 0 Å². The van der Waals surface area contributed by atoms with Gasteiger partial charge in [0.1, 0.15) is 0 Å². The van der Waals surface area contributed by atoms with Gasteiger partial charge in [0.2, 0.25) is 0 Å². The van der Waals surface area contributed by atoms with E-state index in [-0.39, 0.29) is 5.78 Å². The molecule has 4 rings (SSSR count). The van der Waals surface area contributed by atoms with Crippen molar-refractivity contribution in [1.29, 1.82) is 0 Å². The van der Waals surface area contributed by atoms with Crippen molar-refractivity contribution in [2.24, 2.45) is 5.92 Å². The number of Topliss-reactive ketones (excluding diaryl/α,β-unsaturated/α-hetero) is 1. The van der Waals surface area contributed by atoms with Gasteiger partial charge in [-0.05, 0) is 34.9 Å². The lowest BCUT2D eigenvalue weighted by atomic mass is 10.1. The minimum absolute atomic E-state index is 0.0781. The number of hydrogen-bond acceptors (Lipinski definition) is 5. The van der Waals surface area contributed by atoms with E-state index in [4.69, 9.17) is 4.42 Å². The highest BCUT2D eigenvalue weighted by Crippen LogP contribution is 2.26. The van der Waals surface area contributed by atoms with Crippen molar-refractivity contribution < 1.29 is 9.21 Å². The van der Waals surface area contributed by atoms with Crippen molar-refractivity contribution in [2.75, 3.05) is 5.75 Å². The molecule has 2 aromatic carbocycles. The molecule has 0 aliphatic heterocycles. The fraction of sp³-hybridized carbons (Fsp3) is 0.227. The Kier molecular flexibility index (Phi) is 5.30. The molecule has 2 aromatic heterocycles. The number of carbonyl (C=O) groups excluding carboxylic acids is 1. The van der Waals surface area contributed by atoms with Gasteiger partial charge in [-0.15, -0.1) is 10.2 Å². The zero-order valence-electron chi connectivity index (χ0n) is 15.8. The Balaban J connectivity index is 1.54. The fourth-order valence-corrected chi connectivity index (χ4v) is 3.93. The number of benzene rings is 2. The van der Waals surface area contributed by atoms with Gasteiger partial charge >= 0.3 is 0 Å². The van der Waals surface area contributed by atoms with Crippen molar-refractivity contribution in [3.05, 3.63) is 66.4 Å². The highest BCUT2D eigenvalue weighted by atomic mass is 32.2. The largest absolute Gasteiger partial charge is 0.461 e. The average molecular weight is 391 g/mol. The second kappa shape index (κ2) is 8.02. The predicted molar refractivity (Wildman–Crippen MR) is 112 cm³/mol. The molecule has 0 unspecified atom stereocenters. The van der Waals surface area contributed by atoms with Crippen LogP contribution in [0.3, 0.4) is 0 Å². The third-order valence-corrected chi connectivity index (χ3v) is 5.38. The summed E-state index contributed by atoms with van der Waals surface area (Å²) in [6, 6.07) is 17.6. The van der Waals surface area contributed by atoms with Gasteiger partial charge in [-0.3, -0.25) is 9.36 Å². The quantitative estimate of drug-likeness (QED) is 0.315. The van der Waals surface area contributed by atoms with Crippen molar-refractivity contribution in [1.82, 2.24) is 14.8 Å². The van der Waals surface area contributed by atoms with Crippen LogP contribution in [0.1, 0.15) is 24.2 Å². The average Bonchev–Trinajstić information content (AvgIpc) is 3.35. The molecule has 0 spiro atoms. The van der Waals surface area contributed by atoms with Crippen LogP contribution in [0.15, 0.2) is 70.4 Å². The van der Waals surface area contributed by atoms with Crippen LogP contribution in [0, 0.1) is 5.92 Å². The van der Waals surface area contributed by atoms with Crippen LogP contribution in [-0.4, -0.2) is 26.3 Å². The number of carbonyl (C=O) groups is 1. The summed E-state index contributed by atoms with van der Waals surface area (Å²) in [5, 5.41) is 11.5. The van der Waals surface area contributed by atoms with E-state index in [1.807, 2.05) is 59.2 Å². The number of aromatic nitrogens is 3. The molecular formula is C22H21N3O2S. The van der Waals surface area contributed by atoms with E-state index >= 15 is 0 Å². The summed E-state index contributed by atoms with van der Waals surface area (Å²) in [7, 11) is 0. The maximum absolute atomic E-state index is 12.7. The minimum atomic E-state index is 0.0781. The van der Waals surface area contributed by atoms with Gasteiger partial charge < -0.3 is 4.42 Å². The smallest absolute Gasteiger partial charge is 0.200 e. The number of hydrogen-bond donors (Lipinski definition) is 0. The second-order valence-electron chi connectivity index (χ2n) is 7.06. The maximum atomic E-state index is 12.7. The van der Waals surface area contributed by atoms with Crippen LogP contribution in [-0.2, 0) is 6.54 Å². The maximum Gasteiger partial charge on any atom is 0.200 e. The van der Waals surface area contributed by atoms with Crippen LogP contribution in [0.25, 0.3) is 22.4 Å². The van der Waals surface area contributed by atoms with Gasteiger partial charge in [-0.2, -0.15) is 0 Å². The SMILES string of the molecule is CC(C)Cn1c(SCC(=O)c2ccc3ccccc3c2)nnc1-c1ccco1. The molecule has 28 heavy (non-hydrogen) atoms. The normalized spacial score (nSPS) is 11.4. The molecule has 0 atom stereocenters. The molecule has 5 nitrogen and oxygen atoms in total. The van der Waals surface area contributed by atoms with Gasteiger partial charge in [0.25, 0.3) is 0 Å². The lowest BCUT2D eigenvalue weighted by Gasteiger charge is -2.11. The molecule has 0 saturated carbocycles. The number of furan rings is 1. The fourth-order valence-electron chi connectivity index (χ4n) is 3.09. The Bertz CT molecular complexity index is 1100. The van der Waals surface area contributed by atoms with Gasteiger partial charge in [0.05, 0.1) is 12.0 Å². The molecule has 0 bridgehead atoms. The molecule has 6 heteroatoms. The molecule has 0 amide bonds. The van der Waals surface area contributed by atoms with Crippen molar-refractivity contribution in [2.45, 2.75) is 25.5 Å². The van der Waals surface area contributed by atoms with Crippen molar-refractivity contribution >= 4 is 28.3 Å². The van der Waals surface area contributed by atoms with Gasteiger partial charge in [-0.1, -0.05) is 62.0 Å². The first-order valence-corrected chi connectivity index (χ1v) is 10.2. The minimum Gasteiger partial charge on any atom is -0.461 e. The van der Waals surface area contributed by atoms with E-state index in [0.717, 1.165) is 22.5 Å². The van der Waals surface area contributed by atoms with Crippen molar-refractivity contribution in [3.63, 3.8) is 0 Å². The molecule has 0 saturated heterocycles. The van der Waals surface area contributed by atoms with Gasteiger partial charge in [-0.25, -0.2) is 0 Å². The monoisotopic (exact) mass is 391 g/mol. The lowest BCUT2D eigenvalue weighted by Crippen LogP contribution is -2.09. The molecule has 142 valence electrons. The Morgan fingerprint density at radius 2 is 1.89 bits per heavy atom. The zero-order valence-corrected chi connectivity index (χ0v) is 16.6. The summed E-state index contributed by atoms with van der Waals surface area (Å²) in [4.78, 5) is 12.7. The van der Waals surface area contributed by atoms with Gasteiger partial charge in [0.15, 0.2) is 22.5 Å². The number of ketones is 1. The van der Waals surface area contributed by atoms with Gasteiger partial charge in [0, 0.05) is 12.1 Å². The lowest BCUT2D eigenvalue weighted by molar-refractivity contribution is 0.102. The van der Waals surface area contributed by atoms with Crippen LogP contribution >= 0.6 is 11.8 Å². The molecule has 0 aliphatic carbocycles. The second-order valence-corrected chi connectivity index (χ2v) is 8.00. The molecule has 2 heterocycles. The van der Waals surface area contributed by atoms with Crippen molar-refractivity contribution in [3.8, 4) is 11.6 Å². The number of fused-ring (bicyclic) bond motifs is 1. The summed E-state index contributed by atoms with van der Waals surface area (Å²) in [5.41, 5.74) is 0.715. The first kappa shape index (κ1) is 18.5. The number of nitrogens with zero attached hydrogens (tertiary/aromatic N) is 3. The number of rotatable bonds is 7. The standard InChI is InChI=1S/C22H21N3O2S/c1-15(2)13-25-21(20-8-5-11-27-20)23-24-22(25)28-14-19(26)18-10-9-16-6-3-4-7-17(16)12-18/h3-12,15H,13-14H2,1-2H3. The summed E-state index contributed by atoms with van der Waals surface area (Å²) in [5.74, 6) is 2.18. The Morgan fingerprint density at radius 3 is 2.64 bits per heavy atom. The van der Waals surface area contributed by atoms with E-state index in [1.54, 1.807) is 6.26 Å². The van der Waals surface area contributed by atoms with E-state index in [0.29, 0.717) is 28.8 Å². The molecule has 4 aromatic rings. The molecule has 0 aliphatic rings. The highest BCUT2D eigenvalue weighted by Gasteiger charge is 2.18. The van der Waals surface area contributed by atoms with E-state index in [9.17, 15) is 4.79 Å². The first-order valence-electron chi connectivity index (χ1n) is 9.23. The Hall–Kier alpha value is -2.86. The number of thioether (sulfide) groups is 1. The summed E-state index contributed by atoms with van der Waals surface area (Å²) in [6.45, 7) is 5.04. The third-order valence-electron chi connectivity index (χ3n) is 4.41. The highest BCUT2D eigenvalue weighted by molar-refractivity contribution is 7.99. The Labute approximate surface area is 167 Å². The predicted octanol–water partition coefficient (Wildman–Crippen LogP) is 5.32. The summed E-state index contributed by atoms with van der Waals surface area (Å²) < 4.78 is 7.52. The van der Waals surface area contributed by atoms with E-state index < -0.39 is 0 Å². The molecule has 0 N–H and O–H groups in total. The van der Waals surface area contributed by atoms with Crippen LogP contribution in [0.5, 0.6) is 0 Å². The molecule has 0 fully saturated rings.